The van der Waals surface area contributed by atoms with Crippen LogP contribution < -0.4 is 0 Å². The van der Waals surface area contributed by atoms with Crippen LogP contribution in [0.4, 0.5) is 8.78 Å². The summed E-state index contributed by atoms with van der Waals surface area (Å²) in [7, 11) is 0. The number of nitrogens with zero attached hydrogens (tertiary/aromatic N) is 1. The predicted molar refractivity (Wildman–Crippen MR) is 38.5 cm³/mol. The fourth-order valence-electron chi connectivity index (χ4n) is 0.795. The lowest BCUT2D eigenvalue weighted by Gasteiger charge is -2.09. The van der Waals surface area contributed by atoms with Gasteiger partial charge in [0.25, 0.3) is 5.92 Å². The Bertz CT molecular complexity index is 253. The van der Waals surface area contributed by atoms with Gasteiger partial charge in [0, 0.05) is 24.9 Å². The molecule has 0 aliphatic heterocycles. The molecule has 0 fully saturated rings. The molecule has 0 saturated carbocycles. The molecule has 0 bridgehead atoms. The molecule has 1 aromatic rings. The molecule has 0 aromatic carbocycles. The maximum atomic E-state index is 12.6. The van der Waals surface area contributed by atoms with E-state index in [1.165, 1.54) is 12.3 Å². The Labute approximate surface area is 64.1 Å². The van der Waals surface area contributed by atoms with E-state index in [2.05, 4.69) is 4.98 Å². The average molecular weight is 157 g/mol. The lowest BCUT2D eigenvalue weighted by Crippen LogP contribution is -2.07. The van der Waals surface area contributed by atoms with Crippen molar-refractivity contribution < 1.29 is 8.78 Å². The summed E-state index contributed by atoms with van der Waals surface area (Å²) in [6.45, 7) is 2.60. The van der Waals surface area contributed by atoms with E-state index in [0.29, 0.717) is 0 Å². The molecule has 0 amide bonds. The first kappa shape index (κ1) is 8.11. The van der Waals surface area contributed by atoms with Crippen LogP contribution in [-0.2, 0) is 5.92 Å². The SMILES string of the molecule is Cc1cncc(C(C)(F)F)c1. The van der Waals surface area contributed by atoms with E-state index in [4.69, 9.17) is 0 Å². The van der Waals surface area contributed by atoms with E-state index in [-0.39, 0.29) is 5.56 Å². The van der Waals surface area contributed by atoms with E-state index in [1.54, 1.807) is 13.1 Å². The molecule has 0 spiro atoms. The molecule has 1 nitrogen and oxygen atoms in total. The summed E-state index contributed by atoms with van der Waals surface area (Å²) in [4.78, 5) is 3.67. The molecule has 0 saturated heterocycles. The molecule has 11 heavy (non-hydrogen) atoms. The van der Waals surface area contributed by atoms with Crippen LogP contribution in [-0.4, -0.2) is 4.98 Å². The molecule has 0 radical (unpaired) electrons. The van der Waals surface area contributed by atoms with Crippen LogP contribution in [0.2, 0.25) is 0 Å². The molecular formula is C8H9F2N. The highest BCUT2D eigenvalue weighted by molar-refractivity contribution is 5.20. The third-order valence-electron chi connectivity index (χ3n) is 1.38. The number of pyridine rings is 1. The molecule has 0 unspecified atom stereocenters. The van der Waals surface area contributed by atoms with Crippen LogP contribution in [0, 0.1) is 6.92 Å². The van der Waals surface area contributed by atoms with Crippen LogP contribution in [0.1, 0.15) is 18.1 Å². The highest BCUT2D eigenvalue weighted by atomic mass is 19.3. The van der Waals surface area contributed by atoms with Crippen LogP contribution >= 0.6 is 0 Å². The quantitative estimate of drug-likeness (QED) is 0.610. The summed E-state index contributed by atoms with van der Waals surface area (Å²) < 4.78 is 25.2. The number of alkyl halides is 2. The summed E-state index contributed by atoms with van der Waals surface area (Å²) in [5.41, 5.74) is 0.724. The van der Waals surface area contributed by atoms with Gasteiger partial charge in [0.15, 0.2) is 0 Å². The van der Waals surface area contributed by atoms with Gasteiger partial charge in [0.1, 0.15) is 0 Å². The van der Waals surface area contributed by atoms with Gasteiger partial charge in [-0.1, -0.05) is 0 Å². The van der Waals surface area contributed by atoms with E-state index in [9.17, 15) is 8.78 Å². The third kappa shape index (κ3) is 1.97. The van der Waals surface area contributed by atoms with Crippen molar-refractivity contribution in [2.45, 2.75) is 19.8 Å². The number of halogens is 2. The number of aromatic nitrogens is 1. The van der Waals surface area contributed by atoms with Crippen LogP contribution in [0.5, 0.6) is 0 Å². The highest BCUT2D eigenvalue weighted by Gasteiger charge is 2.24. The van der Waals surface area contributed by atoms with E-state index < -0.39 is 5.92 Å². The van der Waals surface area contributed by atoms with E-state index in [0.717, 1.165) is 12.5 Å². The Morgan fingerprint density at radius 1 is 1.36 bits per heavy atom. The van der Waals surface area contributed by atoms with Crippen molar-refractivity contribution in [3.05, 3.63) is 29.6 Å². The Hall–Kier alpha value is -0.990. The van der Waals surface area contributed by atoms with Crippen LogP contribution in [0.15, 0.2) is 18.5 Å². The molecular weight excluding hydrogens is 148 g/mol. The lowest BCUT2D eigenvalue weighted by atomic mass is 10.1. The largest absolute Gasteiger partial charge is 0.272 e. The Kier molecular flexibility index (Phi) is 1.89. The van der Waals surface area contributed by atoms with E-state index in [1.807, 2.05) is 0 Å². The summed E-state index contributed by atoms with van der Waals surface area (Å²) in [6, 6.07) is 1.44. The molecule has 1 heterocycles. The highest BCUT2D eigenvalue weighted by Crippen LogP contribution is 2.26. The van der Waals surface area contributed by atoms with Gasteiger partial charge in [-0.3, -0.25) is 4.98 Å². The van der Waals surface area contributed by atoms with Crippen molar-refractivity contribution in [2.24, 2.45) is 0 Å². The van der Waals surface area contributed by atoms with Crippen molar-refractivity contribution in [2.75, 3.05) is 0 Å². The summed E-state index contributed by atoms with van der Waals surface area (Å²) in [5.74, 6) is -2.78. The van der Waals surface area contributed by atoms with Gasteiger partial charge in [-0.2, -0.15) is 0 Å². The van der Waals surface area contributed by atoms with Crippen LogP contribution in [0.3, 0.4) is 0 Å². The van der Waals surface area contributed by atoms with Crippen LogP contribution in [0.25, 0.3) is 0 Å². The maximum Gasteiger partial charge on any atom is 0.272 e. The summed E-state index contributed by atoms with van der Waals surface area (Å²) in [6.07, 6.45) is 2.74. The molecule has 3 heteroatoms. The minimum atomic E-state index is -2.78. The number of rotatable bonds is 1. The second kappa shape index (κ2) is 2.57. The molecule has 0 aliphatic rings. The standard InChI is InChI=1S/C8H9F2N/c1-6-3-7(5-11-4-6)8(2,9)10/h3-5H,1-2H3. The van der Waals surface area contributed by atoms with E-state index >= 15 is 0 Å². The minimum Gasteiger partial charge on any atom is -0.264 e. The second-order valence-electron chi connectivity index (χ2n) is 2.64. The average Bonchev–Trinajstić information content (AvgIpc) is 1.86. The fourth-order valence-corrected chi connectivity index (χ4v) is 0.795. The van der Waals surface area contributed by atoms with Gasteiger partial charge >= 0.3 is 0 Å². The number of hydrogen-bond donors (Lipinski definition) is 0. The predicted octanol–water partition coefficient (Wildman–Crippen LogP) is 2.50. The second-order valence-corrected chi connectivity index (χ2v) is 2.64. The molecule has 1 aromatic heterocycles. The smallest absolute Gasteiger partial charge is 0.264 e. The van der Waals surface area contributed by atoms with Gasteiger partial charge in [-0.25, -0.2) is 8.78 Å². The zero-order chi connectivity index (χ0) is 8.48. The maximum absolute atomic E-state index is 12.6. The van der Waals surface area contributed by atoms with Crippen molar-refractivity contribution in [1.29, 1.82) is 0 Å². The topological polar surface area (TPSA) is 12.9 Å². The first-order valence-electron chi connectivity index (χ1n) is 3.30. The number of aryl methyl sites for hydroxylation is 1. The van der Waals surface area contributed by atoms with Gasteiger partial charge < -0.3 is 0 Å². The molecule has 1 rings (SSSR count). The normalized spacial score (nSPS) is 11.6. The lowest BCUT2D eigenvalue weighted by molar-refractivity contribution is 0.0170. The molecule has 60 valence electrons. The molecule has 0 aliphatic carbocycles. The van der Waals surface area contributed by atoms with Gasteiger partial charge in [-0.05, 0) is 18.6 Å². The van der Waals surface area contributed by atoms with Crippen molar-refractivity contribution in [3.8, 4) is 0 Å². The Balaban J connectivity index is 3.06. The summed E-state index contributed by atoms with van der Waals surface area (Å²) >= 11 is 0. The zero-order valence-corrected chi connectivity index (χ0v) is 6.44. The third-order valence-corrected chi connectivity index (χ3v) is 1.38. The van der Waals surface area contributed by atoms with Crippen molar-refractivity contribution >= 4 is 0 Å². The molecule has 0 N–H and O–H groups in total. The number of hydrogen-bond acceptors (Lipinski definition) is 1. The first-order valence-corrected chi connectivity index (χ1v) is 3.30. The van der Waals surface area contributed by atoms with Gasteiger partial charge in [-0.15, -0.1) is 0 Å². The minimum absolute atomic E-state index is 0.0301. The van der Waals surface area contributed by atoms with Crippen molar-refractivity contribution in [1.82, 2.24) is 4.98 Å². The Morgan fingerprint density at radius 3 is 2.36 bits per heavy atom. The fraction of sp³-hybridized carbons (Fsp3) is 0.375. The molecule has 0 atom stereocenters. The zero-order valence-electron chi connectivity index (χ0n) is 6.44. The monoisotopic (exact) mass is 157 g/mol. The summed E-state index contributed by atoms with van der Waals surface area (Å²) in [5, 5.41) is 0. The Morgan fingerprint density at radius 2 is 2.00 bits per heavy atom. The van der Waals surface area contributed by atoms with Gasteiger partial charge in [0.05, 0.1) is 0 Å². The van der Waals surface area contributed by atoms with Gasteiger partial charge in [0.2, 0.25) is 0 Å². The first-order chi connectivity index (χ1) is 5.00. The van der Waals surface area contributed by atoms with Crippen molar-refractivity contribution in [3.63, 3.8) is 0 Å².